The first kappa shape index (κ1) is 10.1. The summed E-state index contributed by atoms with van der Waals surface area (Å²) in [7, 11) is 0. The Kier molecular flexibility index (Phi) is 2.87. The highest BCUT2D eigenvalue weighted by molar-refractivity contribution is 7.80. The molecule has 1 saturated carbocycles. The Labute approximate surface area is 92.2 Å². The van der Waals surface area contributed by atoms with Gasteiger partial charge >= 0.3 is 0 Å². The highest BCUT2D eigenvalue weighted by Gasteiger charge is 2.38. The molecule has 0 aromatic rings. The van der Waals surface area contributed by atoms with Crippen LogP contribution in [0.1, 0.15) is 32.6 Å². The largest absolute Gasteiger partial charge is 0.178 e. The zero-order valence-electron chi connectivity index (χ0n) is 8.79. The van der Waals surface area contributed by atoms with Crippen molar-refractivity contribution in [3.8, 4) is 0 Å². The van der Waals surface area contributed by atoms with E-state index in [1.165, 1.54) is 24.8 Å². The van der Waals surface area contributed by atoms with E-state index in [0.717, 1.165) is 12.2 Å². The second-order valence-electron chi connectivity index (χ2n) is 4.50. The van der Waals surface area contributed by atoms with Crippen molar-refractivity contribution in [3.63, 3.8) is 0 Å². The molecule has 0 aliphatic heterocycles. The summed E-state index contributed by atoms with van der Waals surface area (Å²) in [6.07, 6.45) is 14.2. The van der Waals surface area contributed by atoms with Gasteiger partial charge < -0.3 is 0 Å². The third-order valence-electron chi connectivity index (χ3n) is 3.56. The Morgan fingerprint density at radius 1 is 1.36 bits per heavy atom. The zero-order valence-corrected chi connectivity index (χ0v) is 9.69. The third kappa shape index (κ3) is 1.70. The van der Waals surface area contributed by atoms with Crippen molar-refractivity contribution < 1.29 is 0 Å². The van der Waals surface area contributed by atoms with Crippen molar-refractivity contribution in [2.24, 2.45) is 5.41 Å². The van der Waals surface area contributed by atoms with Gasteiger partial charge in [-0.2, -0.15) is 12.6 Å². The highest BCUT2D eigenvalue weighted by Crippen LogP contribution is 2.49. The minimum atomic E-state index is 0.439. The van der Waals surface area contributed by atoms with E-state index in [1.807, 2.05) is 0 Å². The van der Waals surface area contributed by atoms with Gasteiger partial charge in [0.2, 0.25) is 0 Å². The van der Waals surface area contributed by atoms with Crippen LogP contribution < -0.4 is 0 Å². The molecule has 0 nitrogen and oxygen atoms in total. The van der Waals surface area contributed by atoms with Gasteiger partial charge in [0.1, 0.15) is 0 Å². The molecule has 76 valence electrons. The first-order valence-corrected chi connectivity index (χ1v) is 6.05. The second-order valence-corrected chi connectivity index (χ2v) is 4.82. The molecular weight excluding hydrogens is 188 g/mol. The van der Waals surface area contributed by atoms with E-state index < -0.39 is 0 Å². The molecule has 0 aromatic carbocycles. The summed E-state index contributed by atoms with van der Waals surface area (Å²) >= 11 is 4.51. The summed E-state index contributed by atoms with van der Waals surface area (Å²) in [5, 5.41) is 0. The van der Waals surface area contributed by atoms with E-state index in [0.29, 0.717) is 5.41 Å². The molecule has 1 heteroatoms. The lowest BCUT2D eigenvalue weighted by Gasteiger charge is -2.43. The van der Waals surface area contributed by atoms with Gasteiger partial charge in [-0.3, -0.25) is 0 Å². The van der Waals surface area contributed by atoms with E-state index >= 15 is 0 Å². The normalized spacial score (nSPS) is 24.7. The molecule has 0 amide bonds. The average molecular weight is 206 g/mol. The van der Waals surface area contributed by atoms with Crippen LogP contribution in [-0.2, 0) is 0 Å². The third-order valence-corrected chi connectivity index (χ3v) is 4.17. The number of hydrogen-bond donors (Lipinski definition) is 1. The van der Waals surface area contributed by atoms with Crippen molar-refractivity contribution in [2.45, 2.75) is 32.6 Å². The fraction of sp³-hybridized carbons (Fsp3) is 0.538. The molecule has 0 atom stereocenters. The maximum Gasteiger partial charge on any atom is 0.000619 e. The van der Waals surface area contributed by atoms with Gasteiger partial charge in [-0.1, -0.05) is 41.9 Å². The molecule has 0 N–H and O–H groups in total. The Morgan fingerprint density at radius 3 is 2.71 bits per heavy atom. The Bertz CT molecular complexity index is 298. The molecule has 2 aliphatic carbocycles. The molecule has 0 aromatic heterocycles. The van der Waals surface area contributed by atoms with Crippen LogP contribution >= 0.6 is 12.6 Å². The number of thiol groups is 1. The molecule has 1 fully saturated rings. The predicted octanol–water partition coefficient (Wildman–Crippen LogP) is 3.92. The van der Waals surface area contributed by atoms with E-state index in [2.05, 4.69) is 43.9 Å². The SMILES string of the molecule is CC1=CC=C(C2(CS)CCC2)CC=C1. The van der Waals surface area contributed by atoms with E-state index in [-0.39, 0.29) is 0 Å². The summed E-state index contributed by atoms with van der Waals surface area (Å²) in [6, 6.07) is 0. The summed E-state index contributed by atoms with van der Waals surface area (Å²) in [4.78, 5) is 0. The molecular formula is C13H18S. The van der Waals surface area contributed by atoms with Crippen LogP contribution in [0, 0.1) is 5.41 Å². The van der Waals surface area contributed by atoms with Crippen molar-refractivity contribution in [1.29, 1.82) is 0 Å². The van der Waals surface area contributed by atoms with Crippen molar-refractivity contribution in [1.82, 2.24) is 0 Å². The highest BCUT2D eigenvalue weighted by atomic mass is 32.1. The van der Waals surface area contributed by atoms with Gasteiger partial charge in [0.25, 0.3) is 0 Å². The smallest absolute Gasteiger partial charge is 0.000619 e. The van der Waals surface area contributed by atoms with Crippen LogP contribution in [0.2, 0.25) is 0 Å². The number of rotatable bonds is 2. The number of allylic oxidation sites excluding steroid dienone is 6. The summed E-state index contributed by atoms with van der Waals surface area (Å²) in [5.74, 6) is 1.01. The Hall–Kier alpha value is -0.430. The van der Waals surface area contributed by atoms with Crippen LogP contribution in [0.3, 0.4) is 0 Å². The minimum Gasteiger partial charge on any atom is -0.178 e. The summed E-state index contributed by atoms with van der Waals surface area (Å²) < 4.78 is 0. The van der Waals surface area contributed by atoms with Crippen LogP contribution in [0.4, 0.5) is 0 Å². The van der Waals surface area contributed by atoms with Gasteiger partial charge in [0, 0.05) is 5.41 Å². The zero-order chi connectivity index (χ0) is 10.0. The monoisotopic (exact) mass is 206 g/mol. The lowest BCUT2D eigenvalue weighted by atomic mass is 9.64. The van der Waals surface area contributed by atoms with Gasteiger partial charge in [-0.05, 0) is 31.9 Å². The predicted molar refractivity (Wildman–Crippen MR) is 65.7 cm³/mol. The fourth-order valence-corrected chi connectivity index (χ4v) is 2.82. The first-order chi connectivity index (χ1) is 6.77. The topological polar surface area (TPSA) is 0 Å². The molecule has 0 heterocycles. The van der Waals surface area contributed by atoms with Crippen molar-refractivity contribution >= 4 is 12.6 Å². The van der Waals surface area contributed by atoms with Crippen LogP contribution in [0.25, 0.3) is 0 Å². The summed E-state index contributed by atoms with van der Waals surface area (Å²) in [5.41, 5.74) is 3.38. The van der Waals surface area contributed by atoms with Crippen LogP contribution in [0.5, 0.6) is 0 Å². The Morgan fingerprint density at radius 2 is 2.14 bits per heavy atom. The van der Waals surface area contributed by atoms with Gasteiger partial charge in [-0.25, -0.2) is 0 Å². The van der Waals surface area contributed by atoms with Gasteiger partial charge in [0.15, 0.2) is 0 Å². The van der Waals surface area contributed by atoms with E-state index in [1.54, 1.807) is 5.57 Å². The van der Waals surface area contributed by atoms with Crippen LogP contribution in [0.15, 0.2) is 35.5 Å². The molecule has 0 unspecified atom stereocenters. The lowest BCUT2D eigenvalue weighted by molar-refractivity contribution is 0.219. The minimum absolute atomic E-state index is 0.439. The molecule has 0 spiro atoms. The van der Waals surface area contributed by atoms with Crippen molar-refractivity contribution in [2.75, 3.05) is 5.75 Å². The second kappa shape index (κ2) is 3.98. The molecule has 2 rings (SSSR count). The number of hydrogen-bond acceptors (Lipinski definition) is 1. The molecule has 0 radical (unpaired) electrons. The van der Waals surface area contributed by atoms with E-state index in [4.69, 9.17) is 0 Å². The first-order valence-electron chi connectivity index (χ1n) is 5.42. The maximum atomic E-state index is 4.51. The Balaban J connectivity index is 2.22. The average Bonchev–Trinajstić information content (AvgIpc) is 2.31. The van der Waals surface area contributed by atoms with E-state index in [9.17, 15) is 0 Å². The van der Waals surface area contributed by atoms with Gasteiger partial charge in [0.05, 0.1) is 0 Å². The fourth-order valence-electron chi connectivity index (χ4n) is 2.31. The molecule has 0 bridgehead atoms. The molecule has 14 heavy (non-hydrogen) atoms. The molecule has 0 saturated heterocycles. The van der Waals surface area contributed by atoms with Gasteiger partial charge in [-0.15, -0.1) is 0 Å². The quantitative estimate of drug-likeness (QED) is 0.650. The molecule has 2 aliphatic rings. The standard InChI is InChI=1S/C13H18S/c1-11-4-2-5-12(7-6-11)13(10-14)8-3-9-13/h2,4,6-7,14H,3,5,8-10H2,1H3. The maximum absolute atomic E-state index is 4.51. The summed E-state index contributed by atoms with van der Waals surface area (Å²) in [6.45, 7) is 2.16. The van der Waals surface area contributed by atoms with Crippen LogP contribution in [-0.4, -0.2) is 5.75 Å². The van der Waals surface area contributed by atoms with Crippen molar-refractivity contribution in [3.05, 3.63) is 35.5 Å². The lowest BCUT2D eigenvalue weighted by Crippen LogP contribution is -2.33.